The molecule has 0 bridgehead atoms. The molecule has 71 heavy (non-hydrogen) atoms. The molecule has 0 saturated carbocycles. The third kappa shape index (κ3) is 41.0. The molecular weight excluding hydrogens is 897 g/mol. The largest absolute Gasteiger partial charge is 0.479 e. The Bertz CT molecular complexity index is 1230. The maximum atomic E-state index is 12.9. The lowest BCUT2D eigenvalue weighted by atomic mass is 9.99. The molecule has 0 radical (unpaired) electrons. The molecule has 11 heteroatoms. The maximum absolute atomic E-state index is 12.9. The molecule has 0 aromatic heterocycles. The van der Waals surface area contributed by atoms with Gasteiger partial charge in [-0.05, 0) is 38.5 Å². The van der Waals surface area contributed by atoms with Crippen molar-refractivity contribution in [2.24, 2.45) is 0 Å². The third-order valence-corrected chi connectivity index (χ3v) is 14.4. The second-order valence-electron chi connectivity index (χ2n) is 21.2. The van der Waals surface area contributed by atoms with Crippen LogP contribution in [0.3, 0.4) is 0 Å². The minimum Gasteiger partial charge on any atom is -0.479 e. The van der Waals surface area contributed by atoms with Crippen molar-refractivity contribution < 1.29 is 53.8 Å². The van der Waals surface area contributed by atoms with Crippen LogP contribution in [-0.4, -0.2) is 88.4 Å². The first-order chi connectivity index (χ1) is 34.7. The van der Waals surface area contributed by atoms with Gasteiger partial charge in [0.05, 0.1) is 6.61 Å². The lowest BCUT2D eigenvalue weighted by Gasteiger charge is -2.38. The molecule has 1 saturated heterocycles. The monoisotopic (exact) mass is 1010 g/mol. The van der Waals surface area contributed by atoms with Gasteiger partial charge in [-0.3, -0.25) is 9.59 Å². The Morgan fingerprint density at radius 1 is 0.423 bits per heavy atom. The first-order valence-electron chi connectivity index (χ1n) is 30.2. The van der Waals surface area contributed by atoms with Crippen LogP contribution < -0.4 is 0 Å². The molecule has 0 spiro atoms. The number of aliphatic hydroxyl groups excluding tert-OH is 3. The highest BCUT2D eigenvalue weighted by Crippen LogP contribution is 2.24. The second-order valence-corrected chi connectivity index (χ2v) is 21.2. The predicted molar refractivity (Wildman–Crippen MR) is 289 cm³/mol. The molecule has 1 rings (SSSR count). The van der Waals surface area contributed by atoms with Crippen LogP contribution >= 0.6 is 0 Å². The number of esters is 2. The summed E-state index contributed by atoms with van der Waals surface area (Å²) in [5.74, 6) is -2.42. The highest BCUT2D eigenvalue weighted by atomic mass is 16.7. The fourth-order valence-corrected chi connectivity index (χ4v) is 9.64. The SMILES string of the molecule is CCCCCCCCCC/C=C\CCCCCCCCCCCC(=O)OCC(COC1OC(C(=O)O)C(O)C(O)C1O)OC(=O)CCCCCCCCCCCCCCCCCCCCCCCCCC. The average Bonchev–Trinajstić information content (AvgIpc) is 3.36. The molecule has 1 heterocycles. The third-order valence-electron chi connectivity index (χ3n) is 14.4. The second kappa shape index (κ2) is 50.1. The van der Waals surface area contributed by atoms with Gasteiger partial charge in [-0.1, -0.05) is 264 Å². The van der Waals surface area contributed by atoms with E-state index in [9.17, 15) is 34.8 Å². The summed E-state index contributed by atoms with van der Waals surface area (Å²) in [5.41, 5.74) is 0. The minimum absolute atomic E-state index is 0.190. The zero-order chi connectivity index (χ0) is 51.7. The maximum Gasteiger partial charge on any atom is 0.335 e. The van der Waals surface area contributed by atoms with E-state index in [1.807, 2.05) is 0 Å². The molecule has 0 amide bonds. The Balaban J connectivity index is 2.20. The van der Waals surface area contributed by atoms with Crippen molar-refractivity contribution in [3.63, 3.8) is 0 Å². The molecule has 11 nitrogen and oxygen atoms in total. The van der Waals surface area contributed by atoms with Gasteiger partial charge in [0, 0.05) is 12.8 Å². The molecule has 1 fully saturated rings. The van der Waals surface area contributed by atoms with E-state index < -0.39 is 54.7 Å². The number of hydrogen-bond donors (Lipinski definition) is 4. The van der Waals surface area contributed by atoms with Gasteiger partial charge in [-0.2, -0.15) is 0 Å². The number of hydrogen-bond acceptors (Lipinski definition) is 10. The smallest absolute Gasteiger partial charge is 0.335 e. The summed E-state index contributed by atoms with van der Waals surface area (Å²) in [5, 5.41) is 40.1. The molecule has 0 aromatic carbocycles. The molecule has 6 unspecified atom stereocenters. The van der Waals surface area contributed by atoms with Crippen molar-refractivity contribution in [1.82, 2.24) is 0 Å². The van der Waals surface area contributed by atoms with Crippen LogP contribution in [0.1, 0.15) is 303 Å². The molecule has 4 N–H and O–H groups in total. The topological polar surface area (TPSA) is 169 Å². The number of ether oxygens (including phenoxy) is 4. The lowest BCUT2D eigenvalue weighted by Crippen LogP contribution is -2.60. The van der Waals surface area contributed by atoms with Crippen molar-refractivity contribution in [2.45, 2.75) is 340 Å². The summed E-state index contributed by atoms with van der Waals surface area (Å²) in [6, 6.07) is 0. The molecule has 418 valence electrons. The van der Waals surface area contributed by atoms with Crippen LogP contribution in [0.15, 0.2) is 12.2 Å². The van der Waals surface area contributed by atoms with Gasteiger partial charge in [0.2, 0.25) is 0 Å². The lowest BCUT2D eigenvalue weighted by molar-refractivity contribution is -0.298. The van der Waals surface area contributed by atoms with Gasteiger partial charge in [-0.25, -0.2) is 4.79 Å². The van der Waals surface area contributed by atoms with Crippen LogP contribution in [0.25, 0.3) is 0 Å². The number of aliphatic hydroxyl groups is 3. The summed E-state index contributed by atoms with van der Waals surface area (Å²) in [6.07, 6.45) is 49.9. The molecule has 0 aromatic rings. The van der Waals surface area contributed by atoms with Crippen LogP contribution in [0.5, 0.6) is 0 Å². The van der Waals surface area contributed by atoms with Crippen LogP contribution in [0.4, 0.5) is 0 Å². The van der Waals surface area contributed by atoms with E-state index in [2.05, 4.69) is 26.0 Å². The summed E-state index contributed by atoms with van der Waals surface area (Å²) in [6.45, 7) is 3.88. The van der Waals surface area contributed by atoms with E-state index >= 15 is 0 Å². The van der Waals surface area contributed by atoms with Crippen molar-refractivity contribution in [2.75, 3.05) is 13.2 Å². The molecule has 1 aliphatic heterocycles. The number of rotatable bonds is 53. The summed E-state index contributed by atoms with van der Waals surface area (Å²) >= 11 is 0. The van der Waals surface area contributed by atoms with E-state index in [1.165, 1.54) is 225 Å². The van der Waals surface area contributed by atoms with Crippen LogP contribution in [-0.2, 0) is 33.3 Å². The van der Waals surface area contributed by atoms with Crippen LogP contribution in [0.2, 0.25) is 0 Å². The minimum atomic E-state index is -1.86. The van der Waals surface area contributed by atoms with Gasteiger partial charge in [0.25, 0.3) is 0 Å². The van der Waals surface area contributed by atoms with Crippen molar-refractivity contribution >= 4 is 17.9 Å². The van der Waals surface area contributed by atoms with Gasteiger partial charge in [0.15, 0.2) is 18.5 Å². The van der Waals surface area contributed by atoms with Gasteiger partial charge >= 0.3 is 17.9 Å². The van der Waals surface area contributed by atoms with E-state index in [0.29, 0.717) is 12.8 Å². The first-order valence-corrected chi connectivity index (χ1v) is 30.2. The van der Waals surface area contributed by atoms with E-state index in [4.69, 9.17) is 18.9 Å². The summed E-state index contributed by atoms with van der Waals surface area (Å²) < 4.78 is 21.9. The number of carboxylic acid groups (broad SMARTS) is 1. The van der Waals surface area contributed by atoms with E-state index in [1.54, 1.807) is 0 Å². The van der Waals surface area contributed by atoms with E-state index in [0.717, 1.165) is 38.5 Å². The molecule has 1 aliphatic rings. The highest BCUT2D eigenvalue weighted by molar-refractivity contribution is 5.73. The van der Waals surface area contributed by atoms with Crippen molar-refractivity contribution in [3.05, 3.63) is 12.2 Å². The molecular formula is C60H112O11. The fourth-order valence-electron chi connectivity index (χ4n) is 9.64. The normalized spacial score (nSPS) is 18.6. The summed E-state index contributed by atoms with van der Waals surface area (Å²) in [4.78, 5) is 37.2. The number of carboxylic acids is 1. The molecule has 0 aliphatic carbocycles. The predicted octanol–water partition coefficient (Wildman–Crippen LogP) is 15.5. The van der Waals surface area contributed by atoms with Crippen molar-refractivity contribution in [3.8, 4) is 0 Å². The fraction of sp³-hybridized carbons (Fsp3) is 0.917. The van der Waals surface area contributed by atoms with Gasteiger partial charge in [0.1, 0.15) is 24.9 Å². The number of aliphatic carboxylic acids is 1. The highest BCUT2D eigenvalue weighted by Gasteiger charge is 2.47. The first kappa shape index (κ1) is 67.0. The van der Waals surface area contributed by atoms with E-state index in [-0.39, 0.29) is 26.1 Å². The Labute approximate surface area is 435 Å². The van der Waals surface area contributed by atoms with Crippen molar-refractivity contribution in [1.29, 1.82) is 0 Å². The number of carbonyl (C=O) groups excluding carboxylic acids is 2. The quantitative estimate of drug-likeness (QED) is 0.0260. The van der Waals surface area contributed by atoms with Gasteiger partial charge in [-0.15, -0.1) is 0 Å². The van der Waals surface area contributed by atoms with Crippen LogP contribution in [0, 0.1) is 0 Å². The Kier molecular flexibility index (Phi) is 47.3. The Morgan fingerprint density at radius 2 is 0.746 bits per heavy atom. The van der Waals surface area contributed by atoms with Gasteiger partial charge < -0.3 is 39.4 Å². The zero-order valence-corrected chi connectivity index (χ0v) is 46.0. The zero-order valence-electron chi connectivity index (χ0n) is 46.0. The summed E-state index contributed by atoms with van der Waals surface area (Å²) in [7, 11) is 0. The standard InChI is InChI=1S/C60H112O11/c1-3-5-7-9-11-13-15-17-19-21-23-25-26-27-29-31-33-35-37-39-41-43-45-47-49-54(62)70-52(51-69-60-57(65)55(63)56(64)58(71-60)59(66)67)50-68-53(61)48-46-44-42-40-38-36-34-32-30-28-24-22-20-18-16-14-12-10-8-6-4-2/h22,24,52,55-58,60,63-65H,3-21,23,25-51H2,1-2H3,(H,66,67)/b24-22-. The molecule has 6 atom stereocenters. The average molecular weight is 1010 g/mol. The Morgan fingerprint density at radius 3 is 1.10 bits per heavy atom. The number of carbonyl (C=O) groups is 3. The number of allylic oxidation sites excluding steroid dienone is 2. The Hall–Kier alpha value is -2.05. The number of unbranched alkanes of at least 4 members (excludes halogenated alkanes) is 40.